The predicted molar refractivity (Wildman–Crippen MR) is 83.1 cm³/mol. The summed E-state index contributed by atoms with van der Waals surface area (Å²) in [7, 11) is 0. The third-order valence-electron chi connectivity index (χ3n) is 3.25. The Bertz CT molecular complexity index is 357. The highest BCUT2D eigenvalue weighted by atomic mass is 35.5. The molecule has 0 aliphatic rings. The topological polar surface area (TPSA) is 0 Å². The Morgan fingerprint density at radius 1 is 1.00 bits per heavy atom. The van der Waals surface area contributed by atoms with Gasteiger partial charge in [-0.05, 0) is 42.9 Å². The van der Waals surface area contributed by atoms with Crippen molar-refractivity contribution in [3.05, 3.63) is 33.8 Å². The lowest BCUT2D eigenvalue weighted by molar-refractivity contribution is 0.418. The number of alkyl halides is 1. The highest BCUT2D eigenvalue weighted by molar-refractivity contribution is 6.42. The quantitative estimate of drug-likeness (QED) is 0.514. The predicted octanol–water partition coefficient (Wildman–Crippen LogP) is 6.36. The zero-order valence-electron chi connectivity index (χ0n) is 11.1. The molecule has 1 aromatic rings. The molecular weight excluding hydrogens is 287 g/mol. The lowest BCUT2D eigenvalue weighted by atomic mass is 9.91. The molecule has 0 heterocycles. The molecule has 18 heavy (non-hydrogen) atoms. The van der Waals surface area contributed by atoms with E-state index in [1.165, 1.54) is 31.2 Å². The molecule has 0 aliphatic heterocycles. The average molecular weight is 308 g/mol. The minimum atomic E-state index is 0.183. The molecule has 102 valence electrons. The summed E-state index contributed by atoms with van der Waals surface area (Å²) in [5, 5.41) is 1.40. The van der Waals surface area contributed by atoms with Crippen molar-refractivity contribution in [2.75, 3.05) is 0 Å². The molecule has 3 heteroatoms. The molecule has 0 aromatic heterocycles. The van der Waals surface area contributed by atoms with Crippen LogP contribution in [-0.2, 0) is 6.42 Å². The number of hydrogen-bond acceptors (Lipinski definition) is 0. The Labute approximate surface area is 126 Å². The van der Waals surface area contributed by atoms with Crippen LogP contribution in [0.25, 0.3) is 0 Å². The van der Waals surface area contributed by atoms with Gasteiger partial charge in [-0.2, -0.15) is 0 Å². The van der Waals surface area contributed by atoms with Crippen molar-refractivity contribution in [1.82, 2.24) is 0 Å². The van der Waals surface area contributed by atoms with Crippen molar-refractivity contribution < 1.29 is 0 Å². The molecule has 1 aromatic carbocycles. The van der Waals surface area contributed by atoms with E-state index in [0.717, 1.165) is 6.42 Å². The summed E-state index contributed by atoms with van der Waals surface area (Å²) in [6.07, 6.45) is 5.64. The van der Waals surface area contributed by atoms with E-state index in [2.05, 4.69) is 13.8 Å². The summed E-state index contributed by atoms with van der Waals surface area (Å²) in [5.74, 6) is 0.594. The van der Waals surface area contributed by atoms with Gasteiger partial charge in [-0.3, -0.25) is 0 Å². The third-order valence-corrected chi connectivity index (χ3v) is 4.49. The Hall–Kier alpha value is 0.0900. The van der Waals surface area contributed by atoms with Gasteiger partial charge < -0.3 is 0 Å². The Kier molecular flexibility index (Phi) is 7.44. The van der Waals surface area contributed by atoms with E-state index >= 15 is 0 Å². The zero-order valence-corrected chi connectivity index (χ0v) is 13.3. The van der Waals surface area contributed by atoms with Crippen LogP contribution in [0.5, 0.6) is 0 Å². The lowest BCUT2D eigenvalue weighted by Crippen LogP contribution is -2.17. The summed E-state index contributed by atoms with van der Waals surface area (Å²) >= 11 is 18.5. The van der Waals surface area contributed by atoms with Crippen LogP contribution >= 0.6 is 34.8 Å². The molecule has 1 unspecified atom stereocenters. The maximum Gasteiger partial charge on any atom is 0.0595 e. The van der Waals surface area contributed by atoms with Crippen molar-refractivity contribution in [2.24, 2.45) is 5.92 Å². The summed E-state index contributed by atoms with van der Waals surface area (Å²) in [6.45, 7) is 4.43. The van der Waals surface area contributed by atoms with E-state index in [4.69, 9.17) is 34.8 Å². The van der Waals surface area contributed by atoms with Crippen molar-refractivity contribution in [3.63, 3.8) is 0 Å². The maximum absolute atomic E-state index is 6.55. The number of hydrogen-bond donors (Lipinski definition) is 0. The smallest absolute Gasteiger partial charge is 0.0595 e. The lowest BCUT2D eigenvalue weighted by Gasteiger charge is -2.21. The molecule has 0 aliphatic carbocycles. The van der Waals surface area contributed by atoms with Gasteiger partial charge in [0.05, 0.1) is 10.0 Å². The second kappa shape index (κ2) is 8.30. The molecule has 0 N–H and O–H groups in total. The van der Waals surface area contributed by atoms with Crippen molar-refractivity contribution >= 4 is 34.8 Å². The maximum atomic E-state index is 6.55. The van der Waals surface area contributed by atoms with E-state index in [-0.39, 0.29) is 5.38 Å². The van der Waals surface area contributed by atoms with Gasteiger partial charge in [0.15, 0.2) is 0 Å². The second-order valence-corrected chi connectivity index (χ2v) is 6.18. The van der Waals surface area contributed by atoms with Gasteiger partial charge in [0.1, 0.15) is 0 Å². The van der Waals surface area contributed by atoms with E-state index in [9.17, 15) is 0 Å². The minimum Gasteiger partial charge on any atom is -0.122 e. The highest BCUT2D eigenvalue weighted by Crippen LogP contribution is 2.28. The minimum absolute atomic E-state index is 0.183. The standard InChI is InChI=1S/C15H21Cl3/c1-3-5-12(6-4-2)14(17)9-11-7-8-13(16)15(18)10-11/h7-8,10,12,14H,3-6,9H2,1-2H3. The second-order valence-electron chi connectivity index (χ2n) is 4.81. The van der Waals surface area contributed by atoms with Crippen LogP contribution in [0.4, 0.5) is 0 Å². The van der Waals surface area contributed by atoms with Gasteiger partial charge in [-0.1, -0.05) is 56.0 Å². The molecule has 0 amide bonds. The zero-order chi connectivity index (χ0) is 13.5. The number of benzene rings is 1. The average Bonchev–Trinajstić information content (AvgIpc) is 2.33. The van der Waals surface area contributed by atoms with Gasteiger partial charge in [-0.25, -0.2) is 0 Å². The van der Waals surface area contributed by atoms with Crippen LogP contribution in [0.1, 0.15) is 45.1 Å². The first kappa shape index (κ1) is 16.1. The fourth-order valence-electron chi connectivity index (χ4n) is 2.31. The first-order valence-electron chi connectivity index (χ1n) is 6.66. The number of halogens is 3. The van der Waals surface area contributed by atoms with Crippen LogP contribution in [0.15, 0.2) is 18.2 Å². The van der Waals surface area contributed by atoms with Gasteiger partial charge >= 0.3 is 0 Å². The van der Waals surface area contributed by atoms with Crippen LogP contribution in [0, 0.1) is 5.92 Å². The van der Waals surface area contributed by atoms with Gasteiger partial charge in [0, 0.05) is 5.38 Å². The van der Waals surface area contributed by atoms with E-state index in [1.54, 1.807) is 0 Å². The summed E-state index contributed by atoms with van der Waals surface area (Å²) in [6, 6.07) is 5.78. The van der Waals surface area contributed by atoms with Crippen molar-refractivity contribution in [3.8, 4) is 0 Å². The van der Waals surface area contributed by atoms with Crippen LogP contribution in [0.2, 0.25) is 10.0 Å². The monoisotopic (exact) mass is 306 g/mol. The Balaban J connectivity index is 2.66. The molecule has 0 saturated carbocycles. The molecule has 0 saturated heterocycles. The van der Waals surface area contributed by atoms with Gasteiger partial charge in [0.2, 0.25) is 0 Å². The van der Waals surface area contributed by atoms with Crippen LogP contribution in [-0.4, -0.2) is 5.38 Å². The Morgan fingerprint density at radius 3 is 2.11 bits per heavy atom. The summed E-state index contributed by atoms with van der Waals surface area (Å²) < 4.78 is 0. The fourth-order valence-corrected chi connectivity index (χ4v) is 3.06. The molecule has 1 rings (SSSR count). The molecule has 0 bridgehead atoms. The first-order chi connectivity index (χ1) is 8.58. The highest BCUT2D eigenvalue weighted by Gasteiger charge is 2.18. The van der Waals surface area contributed by atoms with Crippen LogP contribution in [0.3, 0.4) is 0 Å². The number of rotatable bonds is 7. The summed E-state index contributed by atoms with van der Waals surface area (Å²) in [5.41, 5.74) is 1.17. The first-order valence-corrected chi connectivity index (χ1v) is 7.85. The fraction of sp³-hybridized carbons (Fsp3) is 0.600. The van der Waals surface area contributed by atoms with E-state index < -0.39 is 0 Å². The molecule has 0 radical (unpaired) electrons. The van der Waals surface area contributed by atoms with E-state index in [0.29, 0.717) is 16.0 Å². The molecule has 0 spiro atoms. The molecule has 0 nitrogen and oxygen atoms in total. The molecular formula is C15H21Cl3. The SMILES string of the molecule is CCCC(CCC)C(Cl)Cc1ccc(Cl)c(Cl)c1. The largest absolute Gasteiger partial charge is 0.122 e. The summed E-state index contributed by atoms with van der Waals surface area (Å²) in [4.78, 5) is 0. The van der Waals surface area contributed by atoms with Gasteiger partial charge in [0.25, 0.3) is 0 Å². The van der Waals surface area contributed by atoms with Crippen LogP contribution < -0.4 is 0 Å². The molecule has 1 atom stereocenters. The normalized spacial score (nSPS) is 13.0. The third kappa shape index (κ3) is 4.99. The van der Waals surface area contributed by atoms with Crippen molar-refractivity contribution in [2.45, 2.75) is 51.3 Å². The molecule has 0 fully saturated rings. The Morgan fingerprint density at radius 2 is 1.61 bits per heavy atom. The van der Waals surface area contributed by atoms with Gasteiger partial charge in [-0.15, -0.1) is 11.6 Å². The van der Waals surface area contributed by atoms with Crippen molar-refractivity contribution in [1.29, 1.82) is 0 Å². The van der Waals surface area contributed by atoms with E-state index in [1.807, 2.05) is 18.2 Å².